The standard InChI is InChI=1S/C16H26O/c1-4-14(5-2)15(6-3)10-7-13-8-11-16(17)12-9-13/h8-9,11-12,14-15,17H,4-7,10H2,1-3H3. The zero-order valence-corrected chi connectivity index (χ0v) is 11.4. The van der Waals surface area contributed by atoms with Gasteiger partial charge in [-0.15, -0.1) is 0 Å². The van der Waals surface area contributed by atoms with Crippen molar-refractivity contribution in [3.63, 3.8) is 0 Å². The summed E-state index contributed by atoms with van der Waals surface area (Å²) in [5, 5.41) is 9.24. The summed E-state index contributed by atoms with van der Waals surface area (Å²) in [5.41, 5.74) is 1.34. The molecular formula is C16H26O. The van der Waals surface area contributed by atoms with Gasteiger partial charge in [0.2, 0.25) is 0 Å². The molecular weight excluding hydrogens is 208 g/mol. The molecule has 1 atom stereocenters. The van der Waals surface area contributed by atoms with Crippen LogP contribution in [0.4, 0.5) is 0 Å². The van der Waals surface area contributed by atoms with Crippen LogP contribution < -0.4 is 0 Å². The molecule has 1 aromatic rings. The third kappa shape index (κ3) is 4.41. The van der Waals surface area contributed by atoms with Crippen LogP contribution in [0, 0.1) is 11.8 Å². The molecule has 1 rings (SSSR count). The second kappa shape index (κ2) is 7.37. The fourth-order valence-electron chi connectivity index (χ4n) is 2.74. The summed E-state index contributed by atoms with van der Waals surface area (Å²) < 4.78 is 0. The zero-order valence-electron chi connectivity index (χ0n) is 11.4. The molecule has 0 bridgehead atoms. The summed E-state index contributed by atoms with van der Waals surface area (Å²) in [6.07, 6.45) is 6.28. The van der Waals surface area contributed by atoms with E-state index in [9.17, 15) is 5.11 Å². The fraction of sp³-hybridized carbons (Fsp3) is 0.625. The lowest BCUT2D eigenvalue weighted by atomic mass is 9.82. The monoisotopic (exact) mass is 234 g/mol. The molecule has 0 aliphatic carbocycles. The van der Waals surface area contributed by atoms with E-state index in [1.165, 1.54) is 31.2 Å². The van der Waals surface area contributed by atoms with Gasteiger partial charge in [0.05, 0.1) is 0 Å². The Hall–Kier alpha value is -0.980. The molecule has 0 heterocycles. The first-order chi connectivity index (χ1) is 8.21. The Balaban J connectivity index is 2.49. The summed E-state index contributed by atoms with van der Waals surface area (Å²) in [7, 11) is 0. The molecule has 0 saturated carbocycles. The van der Waals surface area contributed by atoms with E-state index in [-0.39, 0.29) is 0 Å². The summed E-state index contributed by atoms with van der Waals surface area (Å²) in [6, 6.07) is 7.64. The van der Waals surface area contributed by atoms with E-state index in [0.717, 1.165) is 18.3 Å². The molecule has 0 aliphatic heterocycles. The number of phenols is 1. The van der Waals surface area contributed by atoms with Gasteiger partial charge in [0, 0.05) is 0 Å². The van der Waals surface area contributed by atoms with Gasteiger partial charge in [0.1, 0.15) is 5.75 Å². The topological polar surface area (TPSA) is 20.2 Å². The number of aromatic hydroxyl groups is 1. The van der Waals surface area contributed by atoms with Crippen LogP contribution in [-0.2, 0) is 6.42 Å². The molecule has 0 saturated heterocycles. The second-order valence-electron chi connectivity index (χ2n) is 4.95. The highest BCUT2D eigenvalue weighted by molar-refractivity contribution is 5.25. The van der Waals surface area contributed by atoms with Crippen molar-refractivity contribution in [1.82, 2.24) is 0 Å². The van der Waals surface area contributed by atoms with Crippen molar-refractivity contribution in [2.24, 2.45) is 11.8 Å². The first kappa shape index (κ1) is 14.1. The Morgan fingerprint density at radius 3 is 1.88 bits per heavy atom. The van der Waals surface area contributed by atoms with Crippen LogP contribution in [-0.4, -0.2) is 5.11 Å². The summed E-state index contributed by atoms with van der Waals surface area (Å²) in [6.45, 7) is 6.91. The van der Waals surface area contributed by atoms with Gasteiger partial charge in [-0.05, 0) is 42.4 Å². The Morgan fingerprint density at radius 2 is 1.41 bits per heavy atom. The van der Waals surface area contributed by atoms with Crippen molar-refractivity contribution >= 4 is 0 Å². The zero-order chi connectivity index (χ0) is 12.7. The third-order valence-electron chi connectivity index (χ3n) is 3.98. The first-order valence-corrected chi connectivity index (χ1v) is 6.99. The van der Waals surface area contributed by atoms with E-state index in [1.54, 1.807) is 12.1 Å². The van der Waals surface area contributed by atoms with E-state index in [0.29, 0.717) is 5.75 Å². The van der Waals surface area contributed by atoms with Gasteiger partial charge in [-0.1, -0.05) is 52.2 Å². The average Bonchev–Trinajstić information content (AvgIpc) is 2.36. The van der Waals surface area contributed by atoms with Crippen molar-refractivity contribution in [1.29, 1.82) is 0 Å². The molecule has 0 aromatic heterocycles. The predicted molar refractivity (Wildman–Crippen MR) is 74.3 cm³/mol. The maximum Gasteiger partial charge on any atom is 0.115 e. The van der Waals surface area contributed by atoms with Crippen LogP contribution >= 0.6 is 0 Å². The lowest BCUT2D eigenvalue weighted by Gasteiger charge is -2.24. The van der Waals surface area contributed by atoms with Crippen molar-refractivity contribution < 1.29 is 5.11 Å². The molecule has 0 fully saturated rings. The van der Waals surface area contributed by atoms with Crippen molar-refractivity contribution in [3.05, 3.63) is 29.8 Å². The lowest BCUT2D eigenvalue weighted by Crippen LogP contribution is -2.13. The van der Waals surface area contributed by atoms with Gasteiger partial charge < -0.3 is 5.11 Å². The third-order valence-corrected chi connectivity index (χ3v) is 3.98. The minimum Gasteiger partial charge on any atom is -0.508 e. The number of rotatable bonds is 7. The first-order valence-electron chi connectivity index (χ1n) is 6.99. The van der Waals surface area contributed by atoms with Gasteiger partial charge in [-0.25, -0.2) is 0 Å². The van der Waals surface area contributed by atoms with Crippen LogP contribution in [0.2, 0.25) is 0 Å². The molecule has 0 radical (unpaired) electrons. The quantitative estimate of drug-likeness (QED) is 0.719. The number of aryl methyl sites for hydroxylation is 1. The fourth-order valence-corrected chi connectivity index (χ4v) is 2.74. The van der Waals surface area contributed by atoms with E-state index < -0.39 is 0 Å². The minimum atomic E-state index is 0.362. The molecule has 0 spiro atoms. The molecule has 1 nitrogen and oxygen atoms in total. The van der Waals surface area contributed by atoms with Crippen LogP contribution in [0.3, 0.4) is 0 Å². The second-order valence-corrected chi connectivity index (χ2v) is 4.95. The maximum atomic E-state index is 9.24. The molecule has 17 heavy (non-hydrogen) atoms. The van der Waals surface area contributed by atoms with Crippen LogP contribution in [0.15, 0.2) is 24.3 Å². The highest BCUT2D eigenvalue weighted by Gasteiger charge is 2.16. The molecule has 1 heteroatoms. The van der Waals surface area contributed by atoms with Gasteiger partial charge in [-0.2, -0.15) is 0 Å². The van der Waals surface area contributed by atoms with Crippen molar-refractivity contribution in [2.45, 2.75) is 52.9 Å². The number of benzene rings is 1. The summed E-state index contributed by atoms with van der Waals surface area (Å²) >= 11 is 0. The molecule has 1 N–H and O–H groups in total. The molecule has 0 amide bonds. The van der Waals surface area contributed by atoms with E-state index in [4.69, 9.17) is 0 Å². The molecule has 1 aromatic carbocycles. The normalized spacial score (nSPS) is 12.9. The van der Waals surface area contributed by atoms with E-state index >= 15 is 0 Å². The largest absolute Gasteiger partial charge is 0.508 e. The summed E-state index contributed by atoms with van der Waals surface area (Å²) in [4.78, 5) is 0. The highest BCUT2D eigenvalue weighted by Crippen LogP contribution is 2.27. The van der Waals surface area contributed by atoms with Crippen molar-refractivity contribution in [2.75, 3.05) is 0 Å². The Labute approximate surface area is 106 Å². The van der Waals surface area contributed by atoms with Crippen LogP contribution in [0.1, 0.15) is 52.0 Å². The van der Waals surface area contributed by atoms with E-state index in [2.05, 4.69) is 20.8 Å². The van der Waals surface area contributed by atoms with Gasteiger partial charge >= 0.3 is 0 Å². The molecule has 96 valence electrons. The van der Waals surface area contributed by atoms with E-state index in [1.807, 2.05) is 12.1 Å². The van der Waals surface area contributed by atoms with Crippen molar-refractivity contribution in [3.8, 4) is 5.75 Å². The molecule has 0 aliphatic rings. The maximum absolute atomic E-state index is 9.24. The number of phenolic OH excluding ortho intramolecular Hbond substituents is 1. The Kier molecular flexibility index (Phi) is 6.10. The smallest absolute Gasteiger partial charge is 0.115 e. The minimum absolute atomic E-state index is 0.362. The SMILES string of the molecule is CCC(CC)C(CC)CCc1ccc(O)cc1. The van der Waals surface area contributed by atoms with Gasteiger partial charge in [-0.3, -0.25) is 0 Å². The Morgan fingerprint density at radius 1 is 0.882 bits per heavy atom. The lowest BCUT2D eigenvalue weighted by molar-refractivity contribution is 0.286. The van der Waals surface area contributed by atoms with Crippen LogP contribution in [0.25, 0.3) is 0 Å². The predicted octanol–water partition coefficient (Wildman–Crippen LogP) is 4.79. The average molecular weight is 234 g/mol. The highest BCUT2D eigenvalue weighted by atomic mass is 16.3. The Bertz CT molecular complexity index is 298. The number of hydrogen-bond acceptors (Lipinski definition) is 1. The number of hydrogen-bond donors (Lipinski definition) is 1. The molecule has 1 unspecified atom stereocenters. The van der Waals surface area contributed by atoms with Crippen LogP contribution in [0.5, 0.6) is 5.75 Å². The van der Waals surface area contributed by atoms with Gasteiger partial charge in [0.25, 0.3) is 0 Å². The van der Waals surface area contributed by atoms with Gasteiger partial charge in [0.15, 0.2) is 0 Å². The summed E-state index contributed by atoms with van der Waals surface area (Å²) in [5.74, 6) is 2.08.